The van der Waals surface area contributed by atoms with E-state index in [9.17, 15) is 24.6 Å². The number of amides is 1. The van der Waals surface area contributed by atoms with Crippen LogP contribution >= 0.6 is 15.9 Å². The summed E-state index contributed by atoms with van der Waals surface area (Å²) in [4.78, 5) is 35.7. The summed E-state index contributed by atoms with van der Waals surface area (Å²) >= 11 is 3.27. The molecule has 3 aromatic rings. The summed E-state index contributed by atoms with van der Waals surface area (Å²) in [6, 6.07) is 10.7. The molecule has 142 valence electrons. The molecule has 0 atom stereocenters. The molecule has 0 saturated heterocycles. The van der Waals surface area contributed by atoms with E-state index in [0.717, 1.165) is 33.4 Å². The molecule has 0 fully saturated rings. The minimum absolute atomic E-state index is 0.162. The van der Waals surface area contributed by atoms with Crippen molar-refractivity contribution in [3.8, 4) is 17.2 Å². The minimum Gasteiger partial charge on any atom is -0.506 e. The van der Waals surface area contributed by atoms with Crippen LogP contribution in [0.4, 0.5) is 5.69 Å². The van der Waals surface area contributed by atoms with Crippen LogP contribution in [0.3, 0.4) is 0 Å². The van der Waals surface area contributed by atoms with Gasteiger partial charge in [0, 0.05) is 10.5 Å². The first-order valence-corrected chi connectivity index (χ1v) is 8.52. The lowest BCUT2D eigenvalue weighted by atomic mass is 10.2. The molecule has 0 unspecified atom stereocenters. The number of aromatic hydroxyl groups is 2. The Morgan fingerprint density at radius 3 is 2.32 bits per heavy atom. The van der Waals surface area contributed by atoms with Crippen LogP contribution in [0, 0.1) is 0 Å². The highest BCUT2D eigenvalue weighted by atomic mass is 79.9. The quantitative estimate of drug-likeness (QED) is 0.451. The number of carbonyl (C=O) groups excluding carboxylic acids is 1. The number of benzene rings is 2. The molecule has 3 rings (SSSR count). The molecule has 0 spiro atoms. The standard InChI is InChI=1S/C18H12BrN3O6/c19-10-2-4-11(5-3-10)22-15(25)8-14(24)16(21-22)17(26)20-12-7-9(18(27)28)1-6-13(12)23/h1-8,23-24H,(H,20,26)(H,27,28). The third-order valence-electron chi connectivity index (χ3n) is 3.69. The van der Waals surface area contributed by atoms with Crippen LogP contribution in [-0.4, -0.2) is 37.0 Å². The van der Waals surface area contributed by atoms with Gasteiger partial charge in [-0.1, -0.05) is 15.9 Å². The van der Waals surface area contributed by atoms with Crippen LogP contribution in [0.25, 0.3) is 5.69 Å². The van der Waals surface area contributed by atoms with Crippen molar-refractivity contribution in [1.29, 1.82) is 0 Å². The molecule has 9 nitrogen and oxygen atoms in total. The molecule has 1 amide bonds. The Labute approximate surface area is 165 Å². The topological polar surface area (TPSA) is 142 Å². The highest BCUT2D eigenvalue weighted by molar-refractivity contribution is 9.10. The van der Waals surface area contributed by atoms with Crippen molar-refractivity contribution in [1.82, 2.24) is 9.78 Å². The van der Waals surface area contributed by atoms with Gasteiger partial charge < -0.3 is 20.6 Å². The molecule has 0 bridgehead atoms. The summed E-state index contributed by atoms with van der Waals surface area (Å²) in [5.74, 6) is -3.23. The molecule has 2 aromatic carbocycles. The largest absolute Gasteiger partial charge is 0.506 e. The third-order valence-corrected chi connectivity index (χ3v) is 4.22. The van der Waals surface area contributed by atoms with Gasteiger partial charge in [0.1, 0.15) is 5.75 Å². The number of nitrogens with one attached hydrogen (secondary N) is 1. The summed E-state index contributed by atoms with van der Waals surface area (Å²) in [5.41, 5.74) is -1.13. The molecule has 1 heterocycles. The van der Waals surface area contributed by atoms with Gasteiger partial charge in [0.15, 0.2) is 11.4 Å². The van der Waals surface area contributed by atoms with Crippen molar-refractivity contribution < 1.29 is 24.9 Å². The Balaban J connectivity index is 1.99. The maximum atomic E-state index is 12.5. The predicted octanol–water partition coefficient (Wildman–Crippen LogP) is 2.36. The van der Waals surface area contributed by atoms with E-state index in [1.807, 2.05) is 0 Å². The Bertz CT molecular complexity index is 1140. The number of phenols is 1. The van der Waals surface area contributed by atoms with Gasteiger partial charge in [0.05, 0.1) is 16.9 Å². The van der Waals surface area contributed by atoms with Crippen LogP contribution < -0.4 is 10.9 Å². The molecular weight excluding hydrogens is 434 g/mol. The van der Waals surface area contributed by atoms with Crippen molar-refractivity contribution in [2.75, 3.05) is 5.32 Å². The number of aromatic nitrogens is 2. The molecule has 28 heavy (non-hydrogen) atoms. The first kappa shape index (κ1) is 19.1. The minimum atomic E-state index is -1.25. The third kappa shape index (κ3) is 3.86. The molecule has 0 aliphatic carbocycles. The van der Waals surface area contributed by atoms with E-state index in [1.165, 1.54) is 0 Å². The van der Waals surface area contributed by atoms with Gasteiger partial charge in [-0.3, -0.25) is 9.59 Å². The normalized spacial score (nSPS) is 10.5. The molecule has 0 saturated carbocycles. The fourth-order valence-electron chi connectivity index (χ4n) is 2.33. The number of anilines is 1. The number of hydrogen-bond acceptors (Lipinski definition) is 6. The number of rotatable bonds is 4. The van der Waals surface area contributed by atoms with Crippen LogP contribution in [0.5, 0.6) is 11.5 Å². The molecule has 0 aliphatic rings. The highest BCUT2D eigenvalue weighted by Gasteiger charge is 2.19. The van der Waals surface area contributed by atoms with Crippen molar-refractivity contribution in [2.45, 2.75) is 0 Å². The number of carbonyl (C=O) groups is 2. The lowest BCUT2D eigenvalue weighted by Gasteiger charge is -2.11. The van der Waals surface area contributed by atoms with E-state index >= 15 is 0 Å². The van der Waals surface area contributed by atoms with Gasteiger partial charge in [0.2, 0.25) is 0 Å². The number of carboxylic acid groups (broad SMARTS) is 1. The van der Waals surface area contributed by atoms with Crippen molar-refractivity contribution >= 4 is 33.5 Å². The molecular formula is C18H12BrN3O6. The lowest BCUT2D eigenvalue weighted by molar-refractivity contribution is 0.0696. The average Bonchev–Trinajstić information content (AvgIpc) is 2.64. The number of carboxylic acids is 1. The number of aromatic carboxylic acids is 1. The van der Waals surface area contributed by atoms with E-state index in [0.29, 0.717) is 5.69 Å². The summed E-state index contributed by atoms with van der Waals surface area (Å²) in [5, 5.41) is 35.0. The SMILES string of the molecule is O=C(O)c1ccc(O)c(NC(=O)c2nn(-c3ccc(Br)cc3)c(=O)cc2O)c1. The average molecular weight is 446 g/mol. The Morgan fingerprint density at radius 1 is 1.00 bits per heavy atom. The van der Waals surface area contributed by atoms with Gasteiger partial charge in [-0.2, -0.15) is 9.78 Å². The van der Waals surface area contributed by atoms with E-state index in [2.05, 4.69) is 26.3 Å². The fraction of sp³-hybridized carbons (Fsp3) is 0. The molecule has 10 heteroatoms. The molecule has 1 aromatic heterocycles. The second-order valence-corrected chi connectivity index (χ2v) is 6.51. The van der Waals surface area contributed by atoms with E-state index < -0.39 is 28.9 Å². The monoisotopic (exact) mass is 445 g/mol. The number of nitrogens with zero attached hydrogens (tertiary/aromatic N) is 2. The zero-order valence-corrected chi connectivity index (χ0v) is 15.5. The molecule has 0 aliphatic heterocycles. The lowest BCUT2D eigenvalue weighted by Crippen LogP contribution is -2.25. The van der Waals surface area contributed by atoms with Crippen LogP contribution in [0.2, 0.25) is 0 Å². The second-order valence-electron chi connectivity index (χ2n) is 5.60. The maximum Gasteiger partial charge on any atom is 0.335 e. The van der Waals surface area contributed by atoms with E-state index in [1.54, 1.807) is 24.3 Å². The van der Waals surface area contributed by atoms with Crippen molar-refractivity contribution in [3.05, 3.63) is 74.6 Å². The summed E-state index contributed by atoms with van der Waals surface area (Å²) in [7, 11) is 0. The predicted molar refractivity (Wildman–Crippen MR) is 102 cm³/mol. The number of hydrogen-bond donors (Lipinski definition) is 4. The Morgan fingerprint density at radius 2 is 1.68 bits per heavy atom. The van der Waals surface area contributed by atoms with Gasteiger partial charge >= 0.3 is 5.97 Å². The zero-order valence-electron chi connectivity index (χ0n) is 14.0. The molecule has 4 N–H and O–H groups in total. The van der Waals surface area contributed by atoms with Gasteiger partial charge in [-0.05, 0) is 42.5 Å². The van der Waals surface area contributed by atoms with Gasteiger partial charge in [-0.25, -0.2) is 4.79 Å². The summed E-state index contributed by atoms with van der Waals surface area (Å²) < 4.78 is 1.70. The van der Waals surface area contributed by atoms with Crippen molar-refractivity contribution in [3.63, 3.8) is 0 Å². The van der Waals surface area contributed by atoms with Crippen LogP contribution in [0.15, 0.2) is 57.8 Å². The highest BCUT2D eigenvalue weighted by Crippen LogP contribution is 2.25. The summed E-state index contributed by atoms with van der Waals surface area (Å²) in [6.07, 6.45) is 0. The first-order chi connectivity index (χ1) is 13.3. The Kier molecular flexibility index (Phi) is 5.14. The maximum absolute atomic E-state index is 12.5. The van der Waals surface area contributed by atoms with Crippen LogP contribution in [0.1, 0.15) is 20.8 Å². The molecule has 0 radical (unpaired) electrons. The van der Waals surface area contributed by atoms with E-state index in [4.69, 9.17) is 5.11 Å². The smallest absolute Gasteiger partial charge is 0.335 e. The zero-order chi connectivity index (χ0) is 20.4. The first-order valence-electron chi connectivity index (χ1n) is 7.73. The fourth-order valence-corrected chi connectivity index (χ4v) is 2.59. The van der Waals surface area contributed by atoms with Crippen LogP contribution in [-0.2, 0) is 0 Å². The van der Waals surface area contributed by atoms with Gasteiger partial charge in [-0.15, -0.1) is 0 Å². The Hall–Kier alpha value is -3.66. The summed E-state index contributed by atoms with van der Waals surface area (Å²) in [6.45, 7) is 0. The van der Waals surface area contributed by atoms with Gasteiger partial charge in [0.25, 0.3) is 11.5 Å². The van der Waals surface area contributed by atoms with Crippen molar-refractivity contribution in [2.24, 2.45) is 0 Å². The van der Waals surface area contributed by atoms with E-state index in [-0.39, 0.29) is 17.0 Å². The number of halogens is 1. The number of phenolic OH excluding ortho intramolecular Hbond substituents is 1. The second kappa shape index (κ2) is 7.53.